The van der Waals surface area contributed by atoms with Crippen LogP contribution in [0, 0.1) is 5.92 Å². The van der Waals surface area contributed by atoms with Crippen molar-refractivity contribution in [2.75, 3.05) is 20.2 Å². The Hall–Kier alpha value is -2.28. The van der Waals surface area contributed by atoms with Crippen molar-refractivity contribution in [2.45, 2.75) is 31.5 Å². The third-order valence-corrected chi connectivity index (χ3v) is 6.93. The lowest BCUT2D eigenvalue weighted by Crippen LogP contribution is -2.57. The van der Waals surface area contributed by atoms with Crippen LogP contribution in [-0.2, 0) is 6.54 Å². The number of hydrogen-bond acceptors (Lipinski definition) is 6. The lowest BCUT2D eigenvalue weighted by molar-refractivity contribution is 0.0112. The zero-order chi connectivity index (χ0) is 19.6. The number of piperidine rings is 3. The summed E-state index contributed by atoms with van der Waals surface area (Å²) in [6.07, 6.45) is 2.56. The van der Waals surface area contributed by atoms with E-state index < -0.39 is 0 Å². The van der Waals surface area contributed by atoms with Gasteiger partial charge < -0.3 is 10.1 Å². The molecule has 2 bridgehead atoms. The molecule has 29 heavy (non-hydrogen) atoms. The molecule has 1 aromatic heterocycles. The summed E-state index contributed by atoms with van der Waals surface area (Å²) in [4.78, 5) is 2.65. The van der Waals surface area contributed by atoms with E-state index in [0.717, 1.165) is 29.5 Å². The van der Waals surface area contributed by atoms with Crippen LogP contribution >= 0.6 is 11.5 Å². The Morgan fingerprint density at radius 1 is 1.14 bits per heavy atom. The molecule has 0 amide bonds. The first kappa shape index (κ1) is 18.7. The van der Waals surface area contributed by atoms with E-state index in [1.807, 2.05) is 11.4 Å². The van der Waals surface area contributed by atoms with E-state index in [1.54, 1.807) is 7.11 Å². The van der Waals surface area contributed by atoms with E-state index in [0.29, 0.717) is 12.1 Å². The highest BCUT2D eigenvalue weighted by atomic mass is 32.1. The fraction of sp³-hybridized carbons (Fsp3) is 0.391. The van der Waals surface area contributed by atoms with Gasteiger partial charge in [0.25, 0.3) is 0 Å². The number of hydrogen-bond donors (Lipinski definition) is 1. The monoisotopic (exact) mass is 406 g/mol. The summed E-state index contributed by atoms with van der Waals surface area (Å²) >= 11 is 1.38. The zero-order valence-corrected chi connectivity index (χ0v) is 17.4. The summed E-state index contributed by atoms with van der Waals surface area (Å²) in [5, 5.41) is 10.1. The van der Waals surface area contributed by atoms with Crippen molar-refractivity contribution < 1.29 is 4.74 Å². The SMILES string of the molecule is COc1ccc(-c2csnn2)cc1CN[C@H]1C2CCN(CC2)[C@H]1c1ccccc1. The molecule has 0 saturated carbocycles. The van der Waals surface area contributed by atoms with Crippen molar-refractivity contribution in [1.29, 1.82) is 0 Å². The smallest absolute Gasteiger partial charge is 0.123 e. The second-order valence-electron chi connectivity index (χ2n) is 7.95. The fourth-order valence-electron chi connectivity index (χ4n) is 4.98. The molecule has 1 N–H and O–H groups in total. The van der Waals surface area contributed by atoms with Gasteiger partial charge in [-0.3, -0.25) is 4.90 Å². The van der Waals surface area contributed by atoms with Gasteiger partial charge in [0.15, 0.2) is 0 Å². The minimum absolute atomic E-state index is 0.445. The zero-order valence-electron chi connectivity index (χ0n) is 16.6. The van der Waals surface area contributed by atoms with Crippen LogP contribution < -0.4 is 10.1 Å². The minimum atomic E-state index is 0.445. The first-order valence-electron chi connectivity index (χ1n) is 10.3. The van der Waals surface area contributed by atoms with Crippen molar-refractivity contribution in [3.05, 3.63) is 65.0 Å². The van der Waals surface area contributed by atoms with Gasteiger partial charge in [-0.2, -0.15) is 0 Å². The number of methoxy groups -OCH3 is 1. The summed E-state index contributed by atoms with van der Waals surface area (Å²) in [6.45, 7) is 3.20. The largest absolute Gasteiger partial charge is 0.496 e. The minimum Gasteiger partial charge on any atom is -0.496 e. The van der Waals surface area contributed by atoms with Gasteiger partial charge in [0.2, 0.25) is 0 Å². The van der Waals surface area contributed by atoms with E-state index >= 15 is 0 Å². The van der Waals surface area contributed by atoms with Gasteiger partial charge in [-0.1, -0.05) is 34.8 Å². The number of benzene rings is 2. The van der Waals surface area contributed by atoms with Crippen molar-refractivity contribution in [1.82, 2.24) is 19.8 Å². The number of fused-ring (bicyclic) bond motifs is 3. The van der Waals surface area contributed by atoms with Crippen LogP contribution in [0.3, 0.4) is 0 Å². The van der Waals surface area contributed by atoms with Crippen molar-refractivity contribution in [3.8, 4) is 17.0 Å². The van der Waals surface area contributed by atoms with E-state index in [-0.39, 0.29) is 0 Å². The lowest BCUT2D eigenvalue weighted by atomic mass is 9.76. The number of aromatic nitrogens is 2. The van der Waals surface area contributed by atoms with Crippen LogP contribution in [0.15, 0.2) is 53.9 Å². The van der Waals surface area contributed by atoms with Crippen LogP contribution in [0.1, 0.15) is 30.0 Å². The summed E-state index contributed by atoms with van der Waals surface area (Å²) in [7, 11) is 1.74. The van der Waals surface area contributed by atoms with Gasteiger partial charge >= 0.3 is 0 Å². The summed E-state index contributed by atoms with van der Waals surface area (Å²) in [5.41, 5.74) is 4.60. The molecule has 6 heteroatoms. The number of ether oxygens (including phenoxy) is 1. The number of nitrogens with zero attached hydrogens (tertiary/aromatic N) is 3. The molecule has 0 spiro atoms. The van der Waals surface area contributed by atoms with Gasteiger partial charge in [-0.05, 0) is 67.1 Å². The Labute approximate surface area is 175 Å². The van der Waals surface area contributed by atoms with Crippen LogP contribution in [0.2, 0.25) is 0 Å². The Morgan fingerprint density at radius 2 is 1.97 bits per heavy atom. The van der Waals surface area contributed by atoms with Crippen LogP contribution in [0.5, 0.6) is 5.75 Å². The first-order chi connectivity index (χ1) is 14.3. The van der Waals surface area contributed by atoms with Gasteiger partial charge in [0.05, 0.1) is 13.2 Å². The van der Waals surface area contributed by atoms with Crippen molar-refractivity contribution in [3.63, 3.8) is 0 Å². The van der Waals surface area contributed by atoms with Gasteiger partial charge in [0, 0.05) is 29.1 Å². The third-order valence-electron chi connectivity index (χ3n) is 6.42. The molecule has 3 fully saturated rings. The van der Waals surface area contributed by atoms with E-state index in [9.17, 15) is 0 Å². The molecule has 3 aliphatic heterocycles. The summed E-state index contributed by atoms with van der Waals surface area (Å²) in [5.74, 6) is 1.64. The molecule has 6 rings (SSSR count). The van der Waals surface area contributed by atoms with Gasteiger partial charge in [-0.25, -0.2) is 0 Å². The molecule has 3 saturated heterocycles. The van der Waals surface area contributed by atoms with Crippen LogP contribution in [-0.4, -0.2) is 40.7 Å². The van der Waals surface area contributed by atoms with Crippen LogP contribution in [0.25, 0.3) is 11.3 Å². The lowest BCUT2D eigenvalue weighted by Gasteiger charge is -2.51. The predicted octanol–water partition coefficient (Wildman–Crippen LogP) is 4.14. The molecule has 4 heterocycles. The highest BCUT2D eigenvalue weighted by molar-refractivity contribution is 7.03. The first-order valence-corrected chi connectivity index (χ1v) is 11.1. The molecule has 3 aromatic rings. The van der Waals surface area contributed by atoms with E-state index in [2.05, 4.69) is 62.3 Å². The Kier molecular flexibility index (Phi) is 5.31. The highest BCUT2D eigenvalue weighted by Crippen LogP contribution is 2.41. The maximum absolute atomic E-state index is 5.65. The molecule has 3 aliphatic rings. The maximum Gasteiger partial charge on any atom is 0.123 e. The Balaban J connectivity index is 1.40. The highest BCUT2D eigenvalue weighted by Gasteiger charge is 2.42. The van der Waals surface area contributed by atoms with Gasteiger partial charge in [-0.15, -0.1) is 5.10 Å². The second kappa shape index (κ2) is 8.22. The Morgan fingerprint density at radius 3 is 2.69 bits per heavy atom. The average molecular weight is 407 g/mol. The normalized spacial score (nSPS) is 25.8. The van der Waals surface area contributed by atoms with Crippen molar-refractivity contribution in [2.24, 2.45) is 5.92 Å². The van der Waals surface area contributed by atoms with Gasteiger partial charge in [0.1, 0.15) is 11.4 Å². The molecule has 150 valence electrons. The van der Waals surface area contributed by atoms with Crippen molar-refractivity contribution >= 4 is 11.5 Å². The molecule has 2 atom stereocenters. The molecule has 0 radical (unpaired) electrons. The predicted molar refractivity (Wildman–Crippen MR) is 116 cm³/mol. The number of nitrogens with one attached hydrogen (secondary N) is 1. The van der Waals surface area contributed by atoms with Crippen LogP contribution in [0.4, 0.5) is 0 Å². The summed E-state index contributed by atoms with van der Waals surface area (Å²) < 4.78 is 9.65. The average Bonchev–Trinajstić information content (AvgIpc) is 3.33. The quantitative estimate of drug-likeness (QED) is 0.667. The fourth-order valence-corrected chi connectivity index (χ4v) is 5.45. The molecule has 2 aromatic carbocycles. The topological polar surface area (TPSA) is 50.3 Å². The maximum atomic E-state index is 5.65. The summed E-state index contributed by atoms with van der Waals surface area (Å²) in [6, 6.07) is 18.1. The standard InChI is InChI=1S/C23H26N4OS/c1-28-21-8-7-18(20-15-29-26-25-20)13-19(21)14-24-22-16-9-11-27(12-10-16)23(22)17-5-3-2-4-6-17/h2-8,13,15-16,22-24H,9-12,14H2,1H3/t22-,23-/m0/s1. The molecule has 5 nitrogen and oxygen atoms in total. The molecule has 0 aliphatic carbocycles. The molecular formula is C23H26N4OS. The molecule has 0 unspecified atom stereocenters. The molecular weight excluding hydrogens is 380 g/mol. The third kappa shape index (κ3) is 3.68. The second-order valence-corrected chi connectivity index (χ2v) is 8.56. The van der Waals surface area contributed by atoms with E-state index in [4.69, 9.17) is 4.74 Å². The van der Waals surface area contributed by atoms with E-state index in [1.165, 1.54) is 48.6 Å². The Bertz CT molecular complexity index is 939. The number of rotatable bonds is 6.